The lowest BCUT2D eigenvalue weighted by Crippen LogP contribution is -2.57. The zero-order chi connectivity index (χ0) is 18.9. The van der Waals surface area contributed by atoms with Gasteiger partial charge in [0.05, 0.1) is 18.8 Å². The third-order valence-corrected chi connectivity index (χ3v) is 7.42. The maximum atomic E-state index is 12.9. The summed E-state index contributed by atoms with van der Waals surface area (Å²) < 4.78 is 34.5. The number of amides is 1. The van der Waals surface area contributed by atoms with E-state index in [2.05, 4.69) is 12.2 Å². The predicted octanol–water partition coefficient (Wildman–Crippen LogP) is -0.127. The second-order valence-corrected chi connectivity index (χ2v) is 9.88. The number of rotatable bonds is 6. The van der Waals surface area contributed by atoms with Gasteiger partial charge in [-0.25, -0.2) is 0 Å². The Kier molecular flexibility index (Phi) is 6.23. The van der Waals surface area contributed by atoms with E-state index in [0.717, 1.165) is 0 Å². The summed E-state index contributed by atoms with van der Waals surface area (Å²) in [5.74, 6) is 0.677. The van der Waals surface area contributed by atoms with Gasteiger partial charge in [0.1, 0.15) is 0 Å². The number of ether oxygens (including phenoxy) is 1. The van der Waals surface area contributed by atoms with Crippen LogP contribution in [-0.2, 0) is 19.7 Å². The molecule has 1 saturated carbocycles. The fourth-order valence-corrected chi connectivity index (χ4v) is 5.57. The third-order valence-electron chi connectivity index (χ3n) is 5.45. The molecule has 0 spiro atoms. The van der Waals surface area contributed by atoms with Crippen LogP contribution in [0.5, 0.6) is 0 Å². The van der Waals surface area contributed by atoms with Gasteiger partial charge >= 0.3 is 0 Å². The Morgan fingerprint density at radius 3 is 2.19 bits per heavy atom. The maximum absolute atomic E-state index is 12.9. The second-order valence-electron chi connectivity index (χ2n) is 7.95. The van der Waals surface area contributed by atoms with Gasteiger partial charge < -0.3 is 10.1 Å². The molecular weight excluding hydrogens is 356 g/mol. The smallest absolute Gasteiger partial charge is 0.282 e. The molecule has 3 aliphatic rings. The standard InChI is InChI=1S/C17H32N4O4S/c1-13-10-21(11-14(2)25-13)26(23,24)20-8-6-19(7-9-20)12-17(22)18-15(3)16-4-5-16/h13-16H,4-12H2,1-3H3,(H,18,22). The van der Waals surface area contributed by atoms with Crippen LogP contribution in [0.2, 0.25) is 0 Å². The summed E-state index contributed by atoms with van der Waals surface area (Å²) in [5, 5.41) is 3.06. The highest BCUT2D eigenvalue weighted by Crippen LogP contribution is 2.32. The van der Waals surface area contributed by atoms with Crippen LogP contribution in [0.25, 0.3) is 0 Å². The number of piperazine rings is 1. The molecule has 8 nitrogen and oxygen atoms in total. The highest BCUT2D eigenvalue weighted by atomic mass is 32.2. The normalized spacial score (nSPS) is 30.9. The van der Waals surface area contributed by atoms with E-state index in [1.165, 1.54) is 17.1 Å². The molecule has 0 aromatic carbocycles. The van der Waals surface area contributed by atoms with E-state index >= 15 is 0 Å². The molecule has 0 radical (unpaired) electrons. The summed E-state index contributed by atoms with van der Waals surface area (Å²) >= 11 is 0. The Balaban J connectivity index is 1.47. The van der Waals surface area contributed by atoms with E-state index < -0.39 is 10.2 Å². The first-order valence-corrected chi connectivity index (χ1v) is 11.1. The van der Waals surface area contributed by atoms with Crippen LogP contribution in [-0.4, -0.2) is 91.9 Å². The van der Waals surface area contributed by atoms with Gasteiger partial charge in [-0.3, -0.25) is 9.69 Å². The largest absolute Gasteiger partial charge is 0.373 e. The molecule has 9 heteroatoms. The lowest BCUT2D eigenvalue weighted by Gasteiger charge is -2.40. The van der Waals surface area contributed by atoms with Crippen molar-refractivity contribution in [2.75, 3.05) is 45.8 Å². The molecule has 2 heterocycles. The van der Waals surface area contributed by atoms with Gasteiger partial charge in [0, 0.05) is 45.3 Å². The Bertz CT molecular complexity index is 592. The summed E-state index contributed by atoms with van der Waals surface area (Å²) in [4.78, 5) is 14.2. The Labute approximate surface area is 157 Å². The highest BCUT2D eigenvalue weighted by molar-refractivity contribution is 7.86. The summed E-state index contributed by atoms with van der Waals surface area (Å²) in [5.41, 5.74) is 0. The minimum absolute atomic E-state index is 0.0385. The number of nitrogens with one attached hydrogen (secondary N) is 1. The summed E-state index contributed by atoms with van der Waals surface area (Å²) in [6.07, 6.45) is 2.23. The lowest BCUT2D eigenvalue weighted by atomic mass is 10.2. The maximum Gasteiger partial charge on any atom is 0.282 e. The highest BCUT2D eigenvalue weighted by Gasteiger charge is 2.37. The van der Waals surface area contributed by atoms with E-state index in [1.54, 1.807) is 4.31 Å². The van der Waals surface area contributed by atoms with Crippen molar-refractivity contribution >= 4 is 16.1 Å². The van der Waals surface area contributed by atoms with Gasteiger partial charge in [-0.2, -0.15) is 17.0 Å². The van der Waals surface area contributed by atoms with Crippen LogP contribution >= 0.6 is 0 Å². The first-order chi connectivity index (χ1) is 12.3. The first kappa shape index (κ1) is 20.0. The topological polar surface area (TPSA) is 82.2 Å². The molecule has 3 rings (SSSR count). The number of nitrogens with zero attached hydrogens (tertiary/aromatic N) is 3. The van der Waals surface area contributed by atoms with E-state index in [1.807, 2.05) is 18.7 Å². The van der Waals surface area contributed by atoms with Crippen molar-refractivity contribution in [3.05, 3.63) is 0 Å². The Morgan fingerprint density at radius 2 is 1.65 bits per heavy atom. The quantitative estimate of drug-likeness (QED) is 0.686. The van der Waals surface area contributed by atoms with Crippen LogP contribution in [0.15, 0.2) is 0 Å². The van der Waals surface area contributed by atoms with E-state index in [0.29, 0.717) is 51.7 Å². The molecule has 26 heavy (non-hydrogen) atoms. The molecule has 0 aromatic rings. The molecular formula is C17H32N4O4S. The molecule has 3 fully saturated rings. The van der Waals surface area contributed by atoms with Crippen LogP contribution < -0.4 is 5.32 Å². The Morgan fingerprint density at radius 1 is 1.08 bits per heavy atom. The SMILES string of the molecule is CC1CN(S(=O)(=O)N2CCN(CC(=O)NC(C)C3CC3)CC2)CC(C)O1. The van der Waals surface area contributed by atoms with Gasteiger partial charge in [0.2, 0.25) is 5.91 Å². The fraction of sp³-hybridized carbons (Fsp3) is 0.941. The molecule has 2 aliphatic heterocycles. The summed E-state index contributed by atoms with van der Waals surface area (Å²) in [6.45, 7) is 9.01. The van der Waals surface area contributed by atoms with Crippen molar-refractivity contribution in [2.45, 2.75) is 51.9 Å². The Hall–Kier alpha value is -0.740. The average Bonchev–Trinajstić information content (AvgIpc) is 3.39. The second kappa shape index (κ2) is 8.10. The van der Waals surface area contributed by atoms with Crippen LogP contribution in [0.4, 0.5) is 0 Å². The first-order valence-electron chi connectivity index (χ1n) is 9.68. The lowest BCUT2D eigenvalue weighted by molar-refractivity contribution is -0.123. The van der Waals surface area contributed by atoms with Crippen molar-refractivity contribution in [3.63, 3.8) is 0 Å². The average molecular weight is 389 g/mol. The number of morpholine rings is 1. The molecule has 3 unspecified atom stereocenters. The number of carbonyl (C=O) groups is 1. The molecule has 1 aliphatic carbocycles. The molecule has 150 valence electrons. The fourth-order valence-electron chi connectivity index (χ4n) is 3.82. The number of carbonyl (C=O) groups excluding carboxylic acids is 1. The van der Waals surface area contributed by atoms with E-state index in [9.17, 15) is 13.2 Å². The van der Waals surface area contributed by atoms with Crippen molar-refractivity contribution in [1.82, 2.24) is 18.8 Å². The molecule has 1 amide bonds. The van der Waals surface area contributed by atoms with Gasteiger partial charge in [0.15, 0.2) is 0 Å². The van der Waals surface area contributed by atoms with Crippen molar-refractivity contribution < 1.29 is 17.9 Å². The van der Waals surface area contributed by atoms with Crippen LogP contribution in [0.1, 0.15) is 33.6 Å². The van der Waals surface area contributed by atoms with Gasteiger partial charge in [-0.15, -0.1) is 0 Å². The summed E-state index contributed by atoms with van der Waals surface area (Å²) in [7, 11) is -3.47. The monoisotopic (exact) mass is 388 g/mol. The molecule has 3 atom stereocenters. The number of hydrogen-bond donors (Lipinski definition) is 1. The van der Waals surface area contributed by atoms with Gasteiger partial charge in [-0.05, 0) is 39.5 Å². The summed E-state index contributed by atoms with van der Waals surface area (Å²) in [6, 6.07) is 0.245. The minimum atomic E-state index is -3.47. The predicted molar refractivity (Wildman–Crippen MR) is 98.8 cm³/mol. The molecule has 0 bridgehead atoms. The van der Waals surface area contributed by atoms with Crippen molar-refractivity contribution in [3.8, 4) is 0 Å². The van der Waals surface area contributed by atoms with Gasteiger partial charge in [-0.1, -0.05) is 0 Å². The van der Waals surface area contributed by atoms with Gasteiger partial charge in [0.25, 0.3) is 10.2 Å². The minimum Gasteiger partial charge on any atom is -0.373 e. The number of hydrogen-bond acceptors (Lipinski definition) is 5. The molecule has 2 saturated heterocycles. The van der Waals surface area contributed by atoms with Crippen molar-refractivity contribution in [2.24, 2.45) is 5.92 Å². The third kappa shape index (κ3) is 4.95. The molecule has 0 aromatic heterocycles. The van der Waals surface area contributed by atoms with E-state index in [-0.39, 0.29) is 24.2 Å². The van der Waals surface area contributed by atoms with Crippen LogP contribution in [0.3, 0.4) is 0 Å². The van der Waals surface area contributed by atoms with Crippen molar-refractivity contribution in [1.29, 1.82) is 0 Å². The molecule has 1 N–H and O–H groups in total. The zero-order valence-electron chi connectivity index (χ0n) is 16.1. The van der Waals surface area contributed by atoms with E-state index in [4.69, 9.17) is 4.74 Å². The zero-order valence-corrected chi connectivity index (χ0v) is 16.9. The van der Waals surface area contributed by atoms with Crippen LogP contribution in [0, 0.1) is 5.92 Å².